The summed E-state index contributed by atoms with van der Waals surface area (Å²) in [5.74, 6) is 1.01. The fourth-order valence-electron chi connectivity index (χ4n) is 3.31. The van der Waals surface area contributed by atoms with Gasteiger partial charge in [-0.2, -0.15) is 0 Å². The average Bonchev–Trinajstić information content (AvgIpc) is 3.18. The zero-order valence-corrected chi connectivity index (χ0v) is 19.1. The molecule has 0 spiro atoms. The fourth-order valence-corrected chi connectivity index (χ4v) is 4.22. The number of hydrogen-bond donors (Lipinski definition) is 1. The maximum atomic E-state index is 12.8. The van der Waals surface area contributed by atoms with Gasteiger partial charge in [0.15, 0.2) is 16.8 Å². The molecule has 3 aromatic rings. The van der Waals surface area contributed by atoms with Crippen LogP contribution in [-0.4, -0.2) is 32.2 Å². The van der Waals surface area contributed by atoms with E-state index in [0.717, 1.165) is 5.56 Å². The van der Waals surface area contributed by atoms with Crippen molar-refractivity contribution in [3.05, 3.63) is 77.1 Å². The molecule has 0 bridgehead atoms. The Morgan fingerprint density at radius 2 is 1.74 bits per heavy atom. The number of hydrogen-bond acceptors (Lipinski definition) is 5. The highest BCUT2D eigenvalue weighted by Crippen LogP contribution is 2.26. The van der Waals surface area contributed by atoms with Crippen LogP contribution in [0.25, 0.3) is 0 Å². The van der Waals surface area contributed by atoms with Gasteiger partial charge in [-0.25, -0.2) is 0 Å². The van der Waals surface area contributed by atoms with Crippen LogP contribution in [0.15, 0.2) is 59.8 Å². The van der Waals surface area contributed by atoms with E-state index in [1.54, 1.807) is 6.07 Å². The first-order valence-corrected chi connectivity index (χ1v) is 11.4. The third kappa shape index (κ3) is 5.61. The largest absolute Gasteiger partial charge is 0.342 e. The lowest BCUT2D eigenvalue weighted by Crippen LogP contribution is -2.33. The minimum absolute atomic E-state index is 0.0472. The molecule has 1 atom stereocenters. The smallest absolute Gasteiger partial charge is 0.251 e. The lowest BCUT2D eigenvalue weighted by atomic mass is 10.0. The van der Waals surface area contributed by atoms with Crippen molar-refractivity contribution < 1.29 is 9.59 Å². The maximum Gasteiger partial charge on any atom is 0.251 e. The van der Waals surface area contributed by atoms with Crippen LogP contribution >= 0.6 is 11.8 Å². The number of aromatic nitrogens is 3. The van der Waals surface area contributed by atoms with E-state index in [1.807, 2.05) is 80.8 Å². The van der Waals surface area contributed by atoms with Gasteiger partial charge in [0.25, 0.3) is 5.91 Å². The zero-order chi connectivity index (χ0) is 22.4. The number of ketones is 1. The lowest BCUT2D eigenvalue weighted by molar-refractivity contribution is 0.0921. The molecule has 0 saturated carbocycles. The van der Waals surface area contributed by atoms with E-state index < -0.39 is 0 Å². The first-order chi connectivity index (χ1) is 14.9. The van der Waals surface area contributed by atoms with Crippen LogP contribution < -0.4 is 5.32 Å². The molecule has 0 fully saturated rings. The maximum absolute atomic E-state index is 12.8. The number of benzene rings is 2. The summed E-state index contributed by atoms with van der Waals surface area (Å²) in [5, 5.41) is 12.5. The Labute approximate surface area is 187 Å². The van der Waals surface area contributed by atoms with E-state index in [-0.39, 0.29) is 29.4 Å². The minimum atomic E-state index is -0.292. The molecule has 1 N–H and O–H groups in total. The summed E-state index contributed by atoms with van der Waals surface area (Å²) in [4.78, 5) is 25.3. The van der Waals surface area contributed by atoms with Crippen molar-refractivity contribution in [1.29, 1.82) is 0 Å². The van der Waals surface area contributed by atoms with Crippen LogP contribution in [0, 0.1) is 12.8 Å². The highest BCUT2D eigenvalue weighted by atomic mass is 32.2. The molecule has 0 unspecified atom stereocenters. The van der Waals surface area contributed by atoms with Gasteiger partial charge in [-0.3, -0.25) is 9.59 Å². The predicted molar refractivity (Wildman–Crippen MR) is 123 cm³/mol. The monoisotopic (exact) mass is 436 g/mol. The molecule has 2 aromatic carbocycles. The molecule has 7 heteroatoms. The Hall–Kier alpha value is -2.93. The third-order valence-corrected chi connectivity index (χ3v) is 5.97. The number of Topliss-reactive ketones (excluding diaryl/α,β-unsaturated/α-hetero) is 1. The topological polar surface area (TPSA) is 76.9 Å². The van der Waals surface area contributed by atoms with Crippen LogP contribution in [0.1, 0.15) is 58.9 Å². The van der Waals surface area contributed by atoms with E-state index >= 15 is 0 Å². The van der Waals surface area contributed by atoms with Gasteiger partial charge < -0.3 is 9.88 Å². The van der Waals surface area contributed by atoms with Crippen molar-refractivity contribution in [3.8, 4) is 0 Å². The zero-order valence-electron chi connectivity index (χ0n) is 18.3. The van der Waals surface area contributed by atoms with Crippen LogP contribution in [0.3, 0.4) is 0 Å². The Morgan fingerprint density at radius 1 is 1.03 bits per heavy atom. The second-order valence-corrected chi connectivity index (χ2v) is 8.67. The first kappa shape index (κ1) is 22.7. The summed E-state index contributed by atoms with van der Waals surface area (Å²) in [6.45, 7) is 8.71. The van der Waals surface area contributed by atoms with E-state index in [9.17, 15) is 9.59 Å². The summed E-state index contributed by atoms with van der Waals surface area (Å²) in [7, 11) is 0. The summed E-state index contributed by atoms with van der Waals surface area (Å²) >= 11 is 1.37. The van der Waals surface area contributed by atoms with Crippen LogP contribution in [0.5, 0.6) is 0 Å². The summed E-state index contributed by atoms with van der Waals surface area (Å²) in [6, 6.07) is 16.5. The molecule has 3 rings (SSSR count). The Morgan fingerprint density at radius 3 is 2.39 bits per heavy atom. The number of carbonyl (C=O) groups excluding carboxylic acids is 2. The van der Waals surface area contributed by atoms with Crippen molar-refractivity contribution in [1.82, 2.24) is 20.1 Å². The number of thioether (sulfide) groups is 1. The van der Waals surface area contributed by atoms with Crippen LogP contribution in [0.4, 0.5) is 0 Å². The standard InChI is InChI=1S/C24H28N4O2S/c1-5-28-22(21(16(2)3)25-23(30)19-13-9-10-17(4)14-19)26-27-24(28)31-15-20(29)18-11-7-6-8-12-18/h6-14,16,21H,5,15H2,1-4H3,(H,25,30)/t21-/m0/s1. The molecule has 0 radical (unpaired) electrons. The molecule has 0 saturated heterocycles. The number of rotatable bonds is 9. The Bertz CT molecular complexity index is 1050. The Balaban J connectivity index is 1.77. The van der Waals surface area contributed by atoms with Gasteiger partial charge in [0.05, 0.1) is 11.8 Å². The molecular weight excluding hydrogens is 408 g/mol. The van der Waals surface area contributed by atoms with Gasteiger partial charge in [-0.1, -0.05) is 73.6 Å². The summed E-state index contributed by atoms with van der Waals surface area (Å²) < 4.78 is 1.98. The molecule has 0 aliphatic rings. The number of carbonyl (C=O) groups is 2. The molecule has 6 nitrogen and oxygen atoms in total. The molecule has 162 valence electrons. The molecule has 1 amide bonds. The summed E-state index contributed by atoms with van der Waals surface area (Å²) in [6.07, 6.45) is 0. The van der Waals surface area contributed by atoms with Crippen molar-refractivity contribution in [2.45, 2.75) is 45.4 Å². The van der Waals surface area contributed by atoms with Gasteiger partial charge >= 0.3 is 0 Å². The molecule has 1 heterocycles. The van der Waals surface area contributed by atoms with Gasteiger partial charge in [-0.05, 0) is 31.9 Å². The van der Waals surface area contributed by atoms with E-state index in [2.05, 4.69) is 15.5 Å². The lowest BCUT2D eigenvalue weighted by Gasteiger charge is -2.22. The highest BCUT2D eigenvalue weighted by molar-refractivity contribution is 7.99. The van der Waals surface area contributed by atoms with Gasteiger partial charge in [0.2, 0.25) is 0 Å². The van der Waals surface area contributed by atoms with Gasteiger partial charge in [0, 0.05) is 17.7 Å². The Kier molecular flexibility index (Phi) is 7.63. The predicted octanol–water partition coefficient (Wildman–Crippen LogP) is 4.71. The number of nitrogens with zero attached hydrogens (tertiary/aromatic N) is 3. The van der Waals surface area contributed by atoms with Gasteiger partial charge in [0.1, 0.15) is 0 Å². The second-order valence-electron chi connectivity index (χ2n) is 7.73. The van der Waals surface area contributed by atoms with E-state index in [4.69, 9.17) is 0 Å². The quantitative estimate of drug-likeness (QED) is 0.388. The summed E-state index contributed by atoms with van der Waals surface area (Å²) in [5.41, 5.74) is 2.34. The second kappa shape index (κ2) is 10.4. The minimum Gasteiger partial charge on any atom is -0.342 e. The first-order valence-electron chi connectivity index (χ1n) is 10.4. The van der Waals surface area contributed by atoms with Crippen molar-refractivity contribution in [3.63, 3.8) is 0 Å². The fraction of sp³-hybridized carbons (Fsp3) is 0.333. The molecule has 31 heavy (non-hydrogen) atoms. The molecule has 0 aliphatic carbocycles. The number of aryl methyl sites for hydroxylation is 1. The number of amides is 1. The highest BCUT2D eigenvalue weighted by Gasteiger charge is 2.26. The van der Waals surface area contributed by atoms with E-state index in [1.165, 1.54) is 11.8 Å². The third-order valence-electron chi connectivity index (χ3n) is 5.00. The van der Waals surface area contributed by atoms with E-state index in [0.29, 0.717) is 28.7 Å². The van der Waals surface area contributed by atoms with Crippen molar-refractivity contribution in [2.75, 3.05) is 5.75 Å². The average molecular weight is 437 g/mol. The van der Waals surface area contributed by atoms with Crippen LogP contribution in [0.2, 0.25) is 0 Å². The van der Waals surface area contributed by atoms with Crippen LogP contribution in [-0.2, 0) is 6.54 Å². The number of nitrogens with one attached hydrogen (secondary N) is 1. The molecular formula is C24H28N4O2S. The van der Waals surface area contributed by atoms with Gasteiger partial charge in [-0.15, -0.1) is 10.2 Å². The van der Waals surface area contributed by atoms with Crippen molar-refractivity contribution in [2.24, 2.45) is 5.92 Å². The normalized spacial score (nSPS) is 12.0. The molecule has 0 aliphatic heterocycles. The van der Waals surface area contributed by atoms with Crippen molar-refractivity contribution >= 4 is 23.5 Å². The molecule has 1 aromatic heterocycles. The SMILES string of the molecule is CCn1c(SCC(=O)c2ccccc2)nnc1[C@@H](NC(=O)c1cccc(C)c1)C(C)C.